The van der Waals surface area contributed by atoms with Gasteiger partial charge in [-0.2, -0.15) is 18.3 Å². The third-order valence-electron chi connectivity index (χ3n) is 6.20. The summed E-state index contributed by atoms with van der Waals surface area (Å²) in [4.78, 5) is 33.6. The molecule has 42 heavy (non-hydrogen) atoms. The number of carbonyl (C=O) groups is 2. The van der Waals surface area contributed by atoms with Crippen LogP contribution in [-0.2, 0) is 24.5 Å². The maximum atomic E-state index is 13.5. The predicted octanol–water partition coefficient (Wildman–Crippen LogP) is 6.08. The van der Waals surface area contributed by atoms with Crippen LogP contribution in [0.4, 0.5) is 18.0 Å². The number of nitrogens with zero attached hydrogens (tertiary/aromatic N) is 4. The first-order valence-electron chi connectivity index (χ1n) is 13.1. The molecule has 220 valence electrons. The van der Waals surface area contributed by atoms with E-state index in [9.17, 15) is 22.8 Å². The maximum absolute atomic E-state index is 13.5. The van der Waals surface area contributed by atoms with Crippen LogP contribution in [-0.4, -0.2) is 37.3 Å². The molecule has 12 heteroatoms. The molecule has 0 fully saturated rings. The zero-order chi connectivity index (χ0) is 30.7. The Kier molecular flexibility index (Phi) is 8.64. The number of hydrogen-bond donors (Lipinski definition) is 2. The summed E-state index contributed by atoms with van der Waals surface area (Å²) in [5.41, 5.74) is 1.86. The number of alkyl carbamates (subject to hydrolysis) is 1. The van der Waals surface area contributed by atoms with Crippen molar-refractivity contribution >= 4 is 12.0 Å². The topological polar surface area (TPSA) is 111 Å². The molecule has 2 N–H and O–H groups in total. The fraction of sp³-hybridized carbons (Fsp3) is 0.300. The summed E-state index contributed by atoms with van der Waals surface area (Å²) in [7, 11) is 1.77. The van der Waals surface area contributed by atoms with Crippen molar-refractivity contribution in [2.45, 2.75) is 52.1 Å². The average molecular weight is 581 g/mol. The van der Waals surface area contributed by atoms with Gasteiger partial charge in [-0.1, -0.05) is 30.3 Å². The molecule has 1 atom stereocenters. The predicted molar refractivity (Wildman–Crippen MR) is 150 cm³/mol. The summed E-state index contributed by atoms with van der Waals surface area (Å²) in [5, 5.41) is 9.58. The van der Waals surface area contributed by atoms with Gasteiger partial charge in [-0.15, -0.1) is 0 Å². The van der Waals surface area contributed by atoms with Crippen LogP contribution in [0.2, 0.25) is 0 Å². The highest BCUT2D eigenvalue weighted by Crippen LogP contribution is 2.34. The molecule has 0 saturated carbocycles. The molecular weight excluding hydrogens is 549 g/mol. The molecule has 0 aliphatic carbocycles. The molecule has 2 aromatic heterocycles. The normalized spacial score (nSPS) is 12.5. The summed E-state index contributed by atoms with van der Waals surface area (Å²) < 4.78 is 47.4. The van der Waals surface area contributed by atoms with E-state index in [1.807, 2.05) is 0 Å². The Morgan fingerprint density at radius 2 is 1.71 bits per heavy atom. The monoisotopic (exact) mass is 580 g/mol. The Labute approximate surface area is 241 Å². The highest BCUT2D eigenvalue weighted by atomic mass is 19.4. The standard InChI is InChI=1S/C30H31F3N6O3/c1-18(37-27(40)26-16-34-15-25(38-26)22-14-36-39(5)17-22)19-6-8-20(9-7-19)24-12-23(30(31,32)33)11-10-21(24)13-35-28(41)42-29(2,3)4/h6-12,14-18H,13H2,1-5H3,(H,35,41)(H,37,40)/t18-/m1/s1. The van der Waals surface area contributed by atoms with E-state index in [4.69, 9.17) is 4.74 Å². The Bertz CT molecular complexity index is 1580. The van der Waals surface area contributed by atoms with Crippen molar-refractivity contribution in [3.8, 4) is 22.4 Å². The first kappa shape index (κ1) is 30.2. The molecule has 4 rings (SSSR count). The highest BCUT2D eigenvalue weighted by molar-refractivity contribution is 5.92. The molecule has 0 aliphatic heterocycles. The van der Waals surface area contributed by atoms with Crippen LogP contribution < -0.4 is 10.6 Å². The van der Waals surface area contributed by atoms with Crippen LogP contribution in [0.3, 0.4) is 0 Å². The number of aromatic nitrogens is 4. The summed E-state index contributed by atoms with van der Waals surface area (Å²) in [6.07, 6.45) is 1.08. The van der Waals surface area contributed by atoms with Crippen LogP contribution in [0.25, 0.3) is 22.4 Å². The van der Waals surface area contributed by atoms with Crippen LogP contribution >= 0.6 is 0 Å². The molecule has 0 unspecified atom stereocenters. The van der Waals surface area contributed by atoms with Gasteiger partial charge in [-0.3, -0.25) is 14.5 Å². The Balaban J connectivity index is 1.51. The molecule has 0 bridgehead atoms. The Hall–Kier alpha value is -4.74. The number of alkyl halides is 3. The number of rotatable bonds is 7. The minimum atomic E-state index is -4.54. The first-order chi connectivity index (χ1) is 19.7. The fourth-order valence-corrected chi connectivity index (χ4v) is 4.13. The van der Waals surface area contributed by atoms with Gasteiger partial charge in [0.1, 0.15) is 11.3 Å². The second kappa shape index (κ2) is 12.0. The minimum absolute atomic E-state index is 0.0320. The lowest BCUT2D eigenvalue weighted by Crippen LogP contribution is -2.32. The van der Waals surface area contributed by atoms with Crippen molar-refractivity contribution in [3.05, 3.63) is 89.6 Å². The molecule has 9 nitrogen and oxygen atoms in total. The van der Waals surface area contributed by atoms with Crippen LogP contribution in [0.15, 0.2) is 67.3 Å². The Morgan fingerprint density at radius 3 is 2.33 bits per heavy atom. The zero-order valence-electron chi connectivity index (χ0n) is 23.8. The number of ether oxygens (including phenoxy) is 1. The Morgan fingerprint density at radius 1 is 1.00 bits per heavy atom. The lowest BCUT2D eigenvalue weighted by molar-refractivity contribution is -0.137. The molecule has 2 heterocycles. The van der Waals surface area contributed by atoms with E-state index in [1.54, 1.807) is 82.3 Å². The number of halogens is 3. The van der Waals surface area contributed by atoms with Crippen molar-refractivity contribution < 1.29 is 27.5 Å². The molecule has 0 saturated heterocycles. The van der Waals surface area contributed by atoms with Gasteiger partial charge < -0.3 is 15.4 Å². The highest BCUT2D eigenvalue weighted by Gasteiger charge is 2.31. The second-order valence-corrected chi connectivity index (χ2v) is 10.7. The van der Waals surface area contributed by atoms with Gasteiger partial charge in [0.2, 0.25) is 0 Å². The van der Waals surface area contributed by atoms with Crippen LogP contribution in [0, 0.1) is 0 Å². The molecule has 0 spiro atoms. The fourth-order valence-electron chi connectivity index (χ4n) is 4.13. The van der Waals surface area contributed by atoms with E-state index >= 15 is 0 Å². The van der Waals surface area contributed by atoms with E-state index < -0.39 is 35.4 Å². The number of carbonyl (C=O) groups excluding carboxylic acids is 2. The number of amides is 2. The third kappa shape index (κ3) is 7.71. The van der Waals surface area contributed by atoms with Gasteiger partial charge in [0.15, 0.2) is 0 Å². The number of nitrogens with one attached hydrogen (secondary N) is 2. The summed E-state index contributed by atoms with van der Waals surface area (Å²) in [6, 6.07) is 9.74. The minimum Gasteiger partial charge on any atom is -0.444 e. The van der Waals surface area contributed by atoms with E-state index in [1.165, 1.54) is 12.3 Å². The van der Waals surface area contributed by atoms with Crippen molar-refractivity contribution in [1.29, 1.82) is 0 Å². The van der Waals surface area contributed by atoms with Crippen molar-refractivity contribution in [1.82, 2.24) is 30.4 Å². The van der Waals surface area contributed by atoms with Gasteiger partial charge >= 0.3 is 12.3 Å². The van der Waals surface area contributed by atoms with Gasteiger partial charge in [0.05, 0.1) is 35.9 Å². The molecule has 4 aromatic rings. The first-order valence-corrected chi connectivity index (χ1v) is 13.1. The molecule has 0 aliphatic rings. The quantitative estimate of drug-likeness (QED) is 0.274. The number of hydrogen-bond acceptors (Lipinski definition) is 6. The molecule has 2 amide bonds. The lowest BCUT2D eigenvalue weighted by atomic mass is 9.95. The smallest absolute Gasteiger partial charge is 0.416 e. The molecule has 2 aromatic carbocycles. The van der Waals surface area contributed by atoms with Crippen LogP contribution in [0.1, 0.15) is 60.9 Å². The van der Waals surface area contributed by atoms with E-state index in [2.05, 4.69) is 25.7 Å². The number of benzene rings is 2. The SMILES string of the molecule is C[C@@H](NC(=O)c1cncc(-c2cnn(C)c2)n1)c1ccc(-c2cc(C(F)(F)F)ccc2CNC(=O)OC(C)(C)C)cc1. The van der Waals surface area contributed by atoms with Crippen molar-refractivity contribution in [3.63, 3.8) is 0 Å². The van der Waals surface area contributed by atoms with Gasteiger partial charge in [0, 0.05) is 25.4 Å². The second-order valence-electron chi connectivity index (χ2n) is 10.7. The van der Waals surface area contributed by atoms with Gasteiger partial charge in [-0.05, 0) is 62.1 Å². The zero-order valence-corrected chi connectivity index (χ0v) is 23.8. The third-order valence-corrected chi connectivity index (χ3v) is 6.20. The van der Waals surface area contributed by atoms with Crippen molar-refractivity contribution in [2.75, 3.05) is 0 Å². The van der Waals surface area contributed by atoms with Gasteiger partial charge in [-0.25, -0.2) is 9.78 Å². The summed E-state index contributed by atoms with van der Waals surface area (Å²) >= 11 is 0. The largest absolute Gasteiger partial charge is 0.444 e. The number of aryl methyl sites for hydroxylation is 1. The molecular formula is C30H31F3N6O3. The van der Waals surface area contributed by atoms with Gasteiger partial charge in [0.25, 0.3) is 5.91 Å². The van der Waals surface area contributed by atoms with E-state index in [-0.39, 0.29) is 12.2 Å². The maximum Gasteiger partial charge on any atom is 0.416 e. The van der Waals surface area contributed by atoms with Crippen molar-refractivity contribution in [2.24, 2.45) is 7.05 Å². The summed E-state index contributed by atoms with van der Waals surface area (Å²) in [6.45, 7) is 6.90. The molecule has 0 radical (unpaired) electrons. The van der Waals surface area contributed by atoms with E-state index in [0.29, 0.717) is 22.4 Å². The average Bonchev–Trinajstić information content (AvgIpc) is 3.36. The van der Waals surface area contributed by atoms with Crippen LogP contribution in [0.5, 0.6) is 0 Å². The summed E-state index contributed by atoms with van der Waals surface area (Å²) in [5.74, 6) is -0.432. The lowest BCUT2D eigenvalue weighted by Gasteiger charge is -2.20. The van der Waals surface area contributed by atoms with E-state index in [0.717, 1.165) is 23.3 Å².